The van der Waals surface area contributed by atoms with Crippen LogP contribution in [0.5, 0.6) is 5.75 Å². The van der Waals surface area contributed by atoms with Crippen molar-refractivity contribution in [2.75, 3.05) is 13.2 Å². The standard InChI is InChI=1S/C34H51FN2O3/c1-5-6-7-8-12-18-40-31-20-27(19-30(35)23-31)21-32(37-26(4)38)33(39)24-36-34(16-10-9-11-17-34)29-15-13-14-28(22-29)25(2)3/h13-15,19-20,22-23,25,32-33,36,39H,5-12,16-18,21,24H2,1-4H3,(H,37,38)/t32-,33+/m0/s1. The molecule has 222 valence electrons. The monoisotopic (exact) mass is 554 g/mol. The molecule has 5 nitrogen and oxygen atoms in total. The Bertz CT molecular complexity index is 1050. The number of aliphatic hydroxyl groups is 1. The van der Waals surface area contributed by atoms with E-state index in [9.17, 15) is 14.3 Å². The first-order chi connectivity index (χ1) is 19.2. The van der Waals surface area contributed by atoms with Crippen molar-refractivity contribution in [2.45, 2.75) is 122 Å². The fraction of sp³-hybridized carbons (Fsp3) is 0.618. The zero-order chi connectivity index (χ0) is 29.0. The molecule has 1 fully saturated rings. The predicted octanol–water partition coefficient (Wildman–Crippen LogP) is 7.16. The number of rotatable bonds is 16. The summed E-state index contributed by atoms with van der Waals surface area (Å²) in [5, 5.41) is 18.0. The van der Waals surface area contributed by atoms with Gasteiger partial charge in [-0.1, -0.05) is 90.0 Å². The molecule has 6 heteroatoms. The Morgan fingerprint density at radius 3 is 2.50 bits per heavy atom. The Morgan fingerprint density at radius 1 is 1.05 bits per heavy atom. The summed E-state index contributed by atoms with van der Waals surface area (Å²) in [6.45, 7) is 8.93. The number of carbonyl (C=O) groups excluding carboxylic acids is 1. The predicted molar refractivity (Wildman–Crippen MR) is 161 cm³/mol. The lowest BCUT2D eigenvalue weighted by Gasteiger charge is -2.40. The number of hydrogen-bond donors (Lipinski definition) is 3. The summed E-state index contributed by atoms with van der Waals surface area (Å²) in [5.74, 6) is 0.335. The smallest absolute Gasteiger partial charge is 0.217 e. The van der Waals surface area contributed by atoms with Gasteiger partial charge in [-0.05, 0) is 60.4 Å². The van der Waals surface area contributed by atoms with Crippen LogP contribution in [0.25, 0.3) is 0 Å². The van der Waals surface area contributed by atoms with Gasteiger partial charge in [0.1, 0.15) is 11.6 Å². The van der Waals surface area contributed by atoms with Gasteiger partial charge in [0, 0.05) is 25.1 Å². The van der Waals surface area contributed by atoms with Gasteiger partial charge < -0.3 is 20.5 Å². The van der Waals surface area contributed by atoms with E-state index in [1.165, 1.54) is 55.9 Å². The molecule has 1 aliphatic rings. The molecule has 1 aliphatic carbocycles. The van der Waals surface area contributed by atoms with Crippen LogP contribution >= 0.6 is 0 Å². The van der Waals surface area contributed by atoms with Crippen molar-refractivity contribution in [2.24, 2.45) is 0 Å². The average molecular weight is 555 g/mol. The molecule has 0 spiro atoms. The van der Waals surface area contributed by atoms with Crippen LogP contribution in [0.15, 0.2) is 42.5 Å². The molecule has 0 heterocycles. The molecular formula is C34H51FN2O3. The second-order valence-electron chi connectivity index (χ2n) is 11.9. The number of halogens is 1. The van der Waals surface area contributed by atoms with Crippen LogP contribution in [0.4, 0.5) is 4.39 Å². The highest BCUT2D eigenvalue weighted by Crippen LogP contribution is 2.38. The number of nitrogens with one attached hydrogen (secondary N) is 2. The van der Waals surface area contributed by atoms with Gasteiger partial charge in [-0.25, -0.2) is 4.39 Å². The minimum Gasteiger partial charge on any atom is -0.493 e. The summed E-state index contributed by atoms with van der Waals surface area (Å²) in [7, 11) is 0. The maximum absolute atomic E-state index is 14.5. The largest absolute Gasteiger partial charge is 0.493 e. The molecule has 2 aromatic rings. The number of hydrogen-bond acceptors (Lipinski definition) is 4. The highest BCUT2D eigenvalue weighted by atomic mass is 19.1. The maximum atomic E-state index is 14.5. The van der Waals surface area contributed by atoms with Crippen molar-refractivity contribution in [3.8, 4) is 5.75 Å². The molecule has 2 aromatic carbocycles. The molecule has 1 saturated carbocycles. The van der Waals surface area contributed by atoms with Crippen LogP contribution in [0.2, 0.25) is 0 Å². The van der Waals surface area contributed by atoms with Crippen molar-refractivity contribution in [1.29, 1.82) is 0 Å². The first-order valence-corrected chi connectivity index (χ1v) is 15.5. The molecule has 0 aliphatic heterocycles. The van der Waals surface area contributed by atoms with Gasteiger partial charge in [0.05, 0.1) is 18.8 Å². The fourth-order valence-electron chi connectivity index (χ4n) is 5.88. The molecule has 0 saturated heterocycles. The van der Waals surface area contributed by atoms with Gasteiger partial charge in [-0.15, -0.1) is 0 Å². The fourth-order valence-corrected chi connectivity index (χ4v) is 5.88. The van der Waals surface area contributed by atoms with E-state index >= 15 is 0 Å². The van der Waals surface area contributed by atoms with Crippen LogP contribution in [0, 0.1) is 5.82 Å². The zero-order valence-corrected chi connectivity index (χ0v) is 25.1. The van der Waals surface area contributed by atoms with Crippen molar-refractivity contribution in [3.63, 3.8) is 0 Å². The van der Waals surface area contributed by atoms with E-state index in [1.54, 1.807) is 0 Å². The maximum Gasteiger partial charge on any atom is 0.217 e. The second-order valence-corrected chi connectivity index (χ2v) is 11.9. The van der Waals surface area contributed by atoms with Crippen molar-refractivity contribution in [1.82, 2.24) is 10.6 Å². The van der Waals surface area contributed by atoms with E-state index in [1.807, 2.05) is 6.07 Å². The summed E-state index contributed by atoms with van der Waals surface area (Å²) in [4.78, 5) is 12.1. The zero-order valence-electron chi connectivity index (χ0n) is 25.1. The number of amides is 1. The number of unbranched alkanes of at least 4 members (excludes halogenated alkanes) is 4. The van der Waals surface area contributed by atoms with Crippen LogP contribution < -0.4 is 15.4 Å². The summed E-state index contributed by atoms with van der Waals surface area (Å²) >= 11 is 0. The van der Waals surface area contributed by atoms with Crippen LogP contribution in [-0.2, 0) is 16.8 Å². The van der Waals surface area contributed by atoms with Gasteiger partial charge in [0.15, 0.2) is 0 Å². The van der Waals surface area contributed by atoms with Crippen molar-refractivity contribution in [3.05, 3.63) is 65.0 Å². The van der Waals surface area contributed by atoms with Crippen molar-refractivity contribution >= 4 is 5.91 Å². The molecule has 2 atom stereocenters. The Kier molecular flexibility index (Phi) is 12.9. The Balaban J connectivity index is 1.69. The molecule has 3 rings (SSSR count). The summed E-state index contributed by atoms with van der Waals surface area (Å²) in [5.41, 5.74) is 3.06. The van der Waals surface area contributed by atoms with E-state index in [-0.39, 0.29) is 17.3 Å². The van der Waals surface area contributed by atoms with E-state index in [0.717, 1.165) is 38.5 Å². The molecule has 0 aromatic heterocycles. The molecule has 40 heavy (non-hydrogen) atoms. The third-order valence-electron chi connectivity index (χ3n) is 8.22. The van der Waals surface area contributed by atoms with E-state index in [4.69, 9.17) is 4.74 Å². The highest BCUT2D eigenvalue weighted by molar-refractivity contribution is 5.73. The molecule has 0 radical (unpaired) electrons. The number of aliphatic hydroxyl groups excluding tert-OH is 1. The summed E-state index contributed by atoms with van der Waals surface area (Å²) in [6.07, 6.45) is 10.6. The third-order valence-corrected chi connectivity index (χ3v) is 8.22. The van der Waals surface area contributed by atoms with E-state index in [0.29, 0.717) is 36.8 Å². The lowest BCUT2D eigenvalue weighted by Crippen LogP contribution is -2.53. The van der Waals surface area contributed by atoms with Gasteiger partial charge in [0.25, 0.3) is 0 Å². The number of ether oxygens (including phenoxy) is 1. The minimum atomic E-state index is -0.845. The first kappa shape index (κ1) is 32.1. The molecular weight excluding hydrogens is 503 g/mol. The van der Waals surface area contributed by atoms with Gasteiger partial charge in [-0.2, -0.15) is 0 Å². The van der Waals surface area contributed by atoms with Crippen molar-refractivity contribution < 1.29 is 19.0 Å². The van der Waals surface area contributed by atoms with Crippen LogP contribution in [0.3, 0.4) is 0 Å². The first-order valence-electron chi connectivity index (χ1n) is 15.5. The van der Waals surface area contributed by atoms with E-state index < -0.39 is 12.1 Å². The number of carbonyl (C=O) groups is 1. The Morgan fingerprint density at radius 2 is 1.80 bits per heavy atom. The van der Waals surface area contributed by atoms with E-state index in [2.05, 4.69) is 55.7 Å². The highest BCUT2D eigenvalue weighted by Gasteiger charge is 2.35. The average Bonchev–Trinajstić information content (AvgIpc) is 2.93. The Hall–Kier alpha value is -2.44. The Labute approximate surface area is 241 Å². The van der Waals surface area contributed by atoms with Gasteiger partial charge >= 0.3 is 0 Å². The third kappa shape index (κ3) is 9.88. The summed E-state index contributed by atoms with van der Waals surface area (Å²) < 4.78 is 20.3. The normalized spacial score (nSPS) is 16.5. The molecule has 3 N–H and O–H groups in total. The van der Waals surface area contributed by atoms with Crippen LogP contribution in [-0.4, -0.2) is 36.3 Å². The lowest BCUT2D eigenvalue weighted by molar-refractivity contribution is -0.120. The SMILES string of the molecule is CCCCCCCOc1cc(F)cc(C[C@H](NC(C)=O)[C@H](O)CNC2(c3cccc(C(C)C)c3)CCCCC2)c1. The molecule has 1 amide bonds. The van der Waals surface area contributed by atoms with Gasteiger partial charge in [0.2, 0.25) is 5.91 Å². The molecule has 0 unspecified atom stereocenters. The topological polar surface area (TPSA) is 70.6 Å². The lowest BCUT2D eigenvalue weighted by atomic mass is 9.75. The quantitative estimate of drug-likeness (QED) is 0.193. The number of benzene rings is 2. The minimum absolute atomic E-state index is 0.206. The summed E-state index contributed by atoms with van der Waals surface area (Å²) in [6, 6.07) is 12.9. The van der Waals surface area contributed by atoms with Crippen LogP contribution in [0.1, 0.15) is 115 Å². The van der Waals surface area contributed by atoms with Gasteiger partial charge in [-0.3, -0.25) is 4.79 Å². The second kappa shape index (κ2) is 16.1. The molecule has 0 bridgehead atoms.